The third kappa shape index (κ3) is 4.31. The highest BCUT2D eigenvalue weighted by atomic mass is 16.5. The van der Waals surface area contributed by atoms with Gasteiger partial charge in [0.2, 0.25) is 0 Å². The van der Waals surface area contributed by atoms with Crippen LogP contribution in [0.4, 0.5) is 0 Å². The minimum absolute atomic E-state index is 0.0675. The van der Waals surface area contributed by atoms with E-state index in [1.807, 2.05) is 60.7 Å². The van der Waals surface area contributed by atoms with Crippen LogP contribution in [0.3, 0.4) is 0 Å². The zero-order valence-electron chi connectivity index (χ0n) is 17.0. The number of benzene rings is 2. The largest absolute Gasteiger partial charge is 0.379 e. The summed E-state index contributed by atoms with van der Waals surface area (Å²) in [4.78, 5) is 20.3. The van der Waals surface area contributed by atoms with E-state index in [1.165, 1.54) is 0 Å². The second kappa shape index (κ2) is 8.31. The Morgan fingerprint density at radius 3 is 2.52 bits per heavy atom. The van der Waals surface area contributed by atoms with Crippen molar-refractivity contribution in [1.29, 1.82) is 0 Å². The van der Waals surface area contributed by atoms with Gasteiger partial charge in [-0.05, 0) is 26.0 Å². The van der Waals surface area contributed by atoms with Crippen LogP contribution in [-0.2, 0) is 4.74 Å². The summed E-state index contributed by atoms with van der Waals surface area (Å²) in [7, 11) is 0. The molecule has 0 atom stereocenters. The molecule has 0 saturated carbocycles. The maximum absolute atomic E-state index is 13.2. The first-order valence-electron chi connectivity index (χ1n) is 10.1. The number of pyridine rings is 1. The van der Waals surface area contributed by atoms with Gasteiger partial charge in [-0.3, -0.25) is 9.69 Å². The zero-order valence-corrected chi connectivity index (χ0v) is 17.0. The average molecular weight is 389 g/mol. The molecular weight excluding hydrogens is 362 g/mol. The number of ether oxygens (including phenoxy) is 1. The first kappa shape index (κ1) is 19.6. The molecule has 0 aliphatic carbocycles. The molecule has 1 saturated heterocycles. The second-order valence-corrected chi connectivity index (χ2v) is 8.03. The highest BCUT2D eigenvalue weighted by Gasteiger charge is 2.29. The smallest absolute Gasteiger partial charge is 0.252 e. The van der Waals surface area contributed by atoms with Gasteiger partial charge in [-0.2, -0.15) is 0 Å². The summed E-state index contributed by atoms with van der Waals surface area (Å²) in [5.41, 5.74) is 3.16. The van der Waals surface area contributed by atoms with E-state index in [1.54, 1.807) is 0 Å². The van der Waals surface area contributed by atoms with Gasteiger partial charge in [-0.1, -0.05) is 48.5 Å². The number of carbonyl (C=O) groups is 1. The van der Waals surface area contributed by atoms with Crippen LogP contribution >= 0.6 is 0 Å². The second-order valence-electron chi connectivity index (χ2n) is 8.03. The Labute approximate surface area is 171 Å². The van der Waals surface area contributed by atoms with Crippen molar-refractivity contribution in [1.82, 2.24) is 15.2 Å². The molecule has 1 aromatic heterocycles. The Morgan fingerprint density at radius 1 is 1.07 bits per heavy atom. The third-order valence-corrected chi connectivity index (χ3v) is 5.58. The molecule has 2 heterocycles. The van der Waals surface area contributed by atoms with Gasteiger partial charge >= 0.3 is 0 Å². The summed E-state index contributed by atoms with van der Waals surface area (Å²) in [6.45, 7) is 8.17. The van der Waals surface area contributed by atoms with Crippen LogP contribution in [0, 0.1) is 0 Å². The van der Waals surface area contributed by atoms with Crippen LogP contribution in [0.2, 0.25) is 0 Å². The fraction of sp³-hybridized carbons (Fsp3) is 0.333. The van der Waals surface area contributed by atoms with Gasteiger partial charge in [0.25, 0.3) is 5.91 Å². The molecule has 29 heavy (non-hydrogen) atoms. The van der Waals surface area contributed by atoms with Crippen LogP contribution in [0.1, 0.15) is 24.2 Å². The van der Waals surface area contributed by atoms with E-state index in [0.29, 0.717) is 12.1 Å². The molecule has 1 aliphatic rings. The van der Waals surface area contributed by atoms with Crippen molar-refractivity contribution in [3.05, 3.63) is 66.2 Å². The molecular formula is C24H27N3O2. The molecule has 2 aromatic carbocycles. The molecule has 1 fully saturated rings. The number of morpholine rings is 1. The summed E-state index contributed by atoms with van der Waals surface area (Å²) in [6.07, 6.45) is 0. The zero-order chi connectivity index (χ0) is 20.3. The summed E-state index contributed by atoms with van der Waals surface area (Å²) in [5, 5.41) is 4.03. The molecule has 150 valence electrons. The van der Waals surface area contributed by atoms with Crippen molar-refractivity contribution < 1.29 is 9.53 Å². The minimum Gasteiger partial charge on any atom is -0.379 e. The number of fused-ring (bicyclic) bond motifs is 1. The molecule has 5 nitrogen and oxygen atoms in total. The lowest BCUT2D eigenvalue weighted by Gasteiger charge is -2.40. The third-order valence-electron chi connectivity index (χ3n) is 5.58. The number of hydrogen-bond donors (Lipinski definition) is 1. The molecule has 0 unspecified atom stereocenters. The Balaban J connectivity index is 1.61. The number of hydrogen-bond acceptors (Lipinski definition) is 4. The Hall–Kier alpha value is -2.76. The van der Waals surface area contributed by atoms with Crippen LogP contribution in [0.25, 0.3) is 22.2 Å². The van der Waals surface area contributed by atoms with Gasteiger partial charge in [0.05, 0.1) is 30.0 Å². The Morgan fingerprint density at radius 2 is 1.76 bits per heavy atom. The van der Waals surface area contributed by atoms with Gasteiger partial charge in [0.15, 0.2) is 0 Å². The van der Waals surface area contributed by atoms with Gasteiger partial charge in [-0.25, -0.2) is 4.98 Å². The van der Waals surface area contributed by atoms with Crippen LogP contribution in [0.15, 0.2) is 60.7 Å². The maximum atomic E-state index is 13.2. The van der Waals surface area contributed by atoms with Crippen molar-refractivity contribution in [3.63, 3.8) is 0 Å². The molecule has 1 aliphatic heterocycles. The maximum Gasteiger partial charge on any atom is 0.252 e. The topological polar surface area (TPSA) is 54.5 Å². The van der Waals surface area contributed by atoms with E-state index in [2.05, 4.69) is 24.1 Å². The molecule has 0 spiro atoms. The average Bonchev–Trinajstić information content (AvgIpc) is 2.78. The van der Waals surface area contributed by atoms with Gasteiger partial charge in [0, 0.05) is 36.1 Å². The molecule has 4 rings (SSSR count). The lowest BCUT2D eigenvalue weighted by Crippen LogP contribution is -2.55. The fourth-order valence-corrected chi connectivity index (χ4v) is 3.79. The Bertz CT molecular complexity index is 995. The lowest BCUT2D eigenvalue weighted by atomic mass is 10.0. The minimum atomic E-state index is -0.134. The first-order chi connectivity index (χ1) is 14.0. The highest BCUT2D eigenvalue weighted by molar-refractivity contribution is 6.07. The van der Waals surface area contributed by atoms with Gasteiger partial charge < -0.3 is 10.1 Å². The molecule has 1 N–H and O–H groups in total. The number of amides is 1. The van der Waals surface area contributed by atoms with E-state index < -0.39 is 0 Å². The van der Waals surface area contributed by atoms with Crippen LogP contribution in [0.5, 0.6) is 0 Å². The van der Waals surface area contributed by atoms with Crippen LogP contribution < -0.4 is 5.32 Å². The van der Waals surface area contributed by atoms with E-state index in [0.717, 1.165) is 48.5 Å². The number of nitrogens with zero attached hydrogens (tertiary/aromatic N) is 2. The summed E-state index contributed by atoms with van der Waals surface area (Å²) in [6, 6.07) is 19.7. The van der Waals surface area contributed by atoms with Gasteiger partial charge in [0.1, 0.15) is 0 Å². The molecule has 0 bridgehead atoms. The van der Waals surface area contributed by atoms with Crippen molar-refractivity contribution in [2.75, 3.05) is 32.8 Å². The van der Waals surface area contributed by atoms with E-state index in [4.69, 9.17) is 9.72 Å². The van der Waals surface area contributed by atoms with Crippen molar-refractivity contribution in [2.24, 2.45) is 0 Å². The summed E-state index contributed by atoms with van der Waals surface area (Å²) in [5.74, 6) is -0.0675. The lowest BCUT2D eigenvalue weighted by molar-refractivity contribution is -0.00922. The predicted octanol–water partition coefficient (Wildman–Crippen LogP) is 3.74. The number of aromatic nitrogens is 1. The Kier molecular flexibility index (Phi) is 5.60. The SMILES string of the molecule is CC(C)(CNC(=O)c1cc(-c2ccccc2)nc2ccccc12)N1CCOCC1. The van der Waals surface area contributed by atoms with Crippen molar-refractivity contribution in [3.8, 4) is 11.3 Å². The standard InChI is InChI=1S/C24H27N3O2/c1-24(2,27-12-14-29-15-13-27)17-25-23(28)20-16-22(18-8-4-3-5-9-18)26-21-11-7-6-10-19(20)21/h3-11,16H,12-15,17H2,1-2H3,(H,25,28). The normalized spacial score (nSPS) is 15.4. The first-order valence-corrected chi connectivity index (χ1v) is 10.1. The molecule has 1 amide bonds. The molecule has 0 radical (unpaired) electrons. The predicted molar refractivity (Wildman–Crippen MR) is 116 cm³/mol. The number of para-hydroxylation sites is 1. The van der Waals surface area contributed by atoms with E-state index in [9.17, 15) is 4.79 Å². The number of nitrogens with one attached hydrogen (secondary N) is 1. The quantitative estimate of drug-likeness (QED) is 0.722. The molecule has 3 aromatic rings. The molecule has 5 heteroatoms. The van der Waals surface area contributed by atoms with E-state index in [-0.39, 0.29) is 11.4 Å². The van der Waals surface area contributed by atoms with Gasteiger partial charge in [-0.15, -0.1) is 0 Å². The highest BCUT2D eigenvalue weighted by Crippen LogP contribution is 2.25. The van der Waals surface area contributed by atoms with Crippen LogP contribution in [-0.4, -0.2) is 54.2 Å². The number of carbonyl (C=O) groups excluding carboxylic acids is 1. The van der Waals surface area contributed by atoms with Crippen molar-refractivity contribution >= 4 is 16.8 Å². The summed E-state index contributed by atoms with van der Waals surface area (Å²) < 4.78 is 5.46. The van der Waals surface area contributed by atoms with Crippen molar-refractivity contribution in [2.45, 2.75) is 19.4 Å². The van der Waals surface area contributed by atoms with E-state index >= 15 is 0 Å². The fourth-order valence-electron chi connectivity index (χ4n) is 3.79. The number of rotatable bonds is 5. The summed E-state index contributed by atoms with van der Waals surface area (Å²) >= 11 is 0. The monoisotopic (exact) mass is 389 g/mol.